The van der Waals surface area contributed by atoms with Crippen molar-refractivity contribution in [2.24, 2.45) is 5.92 Å². The maximum absolute atomic E-state index is 11.4. The molecule has 0 radical (unpaired) electrons. The van der Waals surface area contributed by atoms with Crippen LogP contribution in [0.25, 0.3) is 0 Å². The molecule has 1 aliphatic heterocycles. The summed E-state index contributed by atoms with van der Waals surface area (Å²) in [5, 5.41) is 3.34. The van der Waals surface area contributed by atoms with E-state index in [4.69, 9.17) is 4.74 Å². The van der Waals surface area contributed by atoms with E-state index < -0.39 is 9.84 Å². The molecular weight excluding hydrogens is 274 g/mol. The Kier molecular flexibility index (Phi) is 5.43. The lowest BCUT2D eigenvalue weighted by Gasteiger charge is -2.10. The van der Waals surface area contributed by atoms with Crippen molar-refractivity contribution in [1.82, 2.24) is 5.32 Å². The quantitative estimate of drug-likeness (QED) is 0.836. The first-order valence-electron chi connectivity index (χ1n) is 7.22. The van der Waals surface area contributed by atoms with Gasteiger partial charge in [-0.2, -0.15) is 0 Å². The van der Waals surface area contributed by atoms with Crippen LogP contribution in [0.3, 0.4) is 0 Å². The Balaban J connectivity index is 1.71. The molecule has 2 rings (SSSR count). The number of rotatable bonds is 7. The first-order chi connectivity index (χ1) is 9.59. The van der Waals surface area contributed by atoms with E-state index in [1.54, 1.807) is 0 Å². The Morgan fingerprint density at radius 3 is 2.65 bits per heavy atom. The van der Waals surface area contributed by atoms with Crippen molar-refractivity contribution in [2.75, 3.05) is 24.7 Å². The van der Waals surface area contributed by atoms with E-state index in [2.05, 4.69) is 12.2 Å². The van der Waals surface area contributed by atoms with Crippen LogP contribution in [0, 0.1) is 5.92 Å². The summed E-state index contributed by atoms with van der Waals surface area (Å²) in [6.07, 6.45) is 1.80. The minimum Gasteiger partial charge on any atom is -0.494 e. The van der Waals surface area contributed by atoms with Crippen LogP contribution < -0.4 is 10.1 Å². The van der Waals surface area contributed by atoms with Crippen LogP contribution in [-0.4, -0.2) is 33.1 Å². The van der Waals surface area contributed by atoms with Gasteiger partial charge in [0, 0.05) is 6.54 Å². The molecule has 5 heteroatoms. The van der Waals surface area contributed by atoms with Crippen molar-refractivity contribution in [2.45, 2.75) is 26.3 Å². The van der Waals surface area contributed by atoms with Gasteiger partial charge in [-0.15, -0.1) is 0 Å². The lowest BCUT2D eigenvalue weighted by atomic mass is 10.1. The molecule has 1 saturated heterocycles. The zero-order chi connectivity index (χ0) is 14.4. The molecule has 0 saturated carbocycles. The minimum atomic E-state index is -2.76. The fourth-order valence-electron chi connectivity index (χ4n) is 2.38. The van der Waals surface area contributed by atoms with Gasteiger partial charge in [-0.05, 0) is 43.0 Å². The third-order valence-electron chi connectivity index (χ3n) is 3.49. The zero-order valence-corrected chi connectivity index (χ0v) is 12.8. The summed E-state index contributed by atoms with van der Waals surface area (Å²) in [7, 11) is -2.76. The number of sulfone groups is 1. The summed E-state index contributed by atoms with van der Waals surface area (Å²) in [6.45, 7) is 4.37. The highest BCUT2D eigenvalue weighted by Gasteiger charge is 2.27. The summed E-state index contributed by atoms with van der Waals surface area (Å²) in [5.74, 6) is 1.86. The summed E-state index contributed by atoms with van der Waals surface area (Å²) >= 11 is 0. The predicted octanol–water partition coefficient (Wildman–Crippen LogP) is 2.00. The molecule has 20 heavy (non-hydrogen) atoms. The van der Waals surface area contributed by atoms with Crippen LogP contribution in [0.2, 0.25) is 0 Å². The van der Waals surface area contributed by atoms with Crippen molar-refractivity contribution >= 4 is 9.84 Å². The third-order valence-corrected chi connectivity index (χ3v) is 5.32. The largest absolute Gasteiger partial charge is 0.494 e. The molecule has 1 N–H and O–H groups in total. The molecule has 1 atom stereocenters. The van der Waals surface area contributed by atoms with Gasteiger partial charge in [0.05, 0.1) is 18.1 Å². The highest BCUT2D eigenvalue weighted by Crippen LogP contribution is 2.17. The van der Waals surface area contributed by atoms with Crippen LogP contribution in [0.1, 0.15) is 25.3 Å². The van der Waals surface area contributed by atoms with E-state index in [0.29, 0.717) is 11.5 Å². The van der Waals surface area contributed by atoms with E-state index in [1.165, 1.54) is 5.56 Å². The normalized spacial score (nSPS) is 20.9. The number of hydrogen-bond donors (Lipinski definition) is 1. The maximum atomic E-state index is 11.4. The molecule has 0 aromatic heterocycles. The highest BCUT2D eigenvalue weighted by molar-refractivity contribution is 7.91. The predicted molar refractivity (Wildman–Crippen MR) is 80.7 cm³/mol. The van der Waals surface area contributed by atoms with Gasteiger partial charge in [0.1, 0.15) is 5.75 Å². The third kappa shape index (κ3) is 4.80. The van der Waals surface area contributed by atoms with E-state index in [0.717, 1.165) is 38.3 Å². The van der Waals surface area contributed by atoms with Gasteiger partial charge in [-0.1, -0.05) is 19.1 Å². The van der Waals surface area contributed by atoms with Gasteiger partial charge in [-0.3, -0.25) is 0 Å². The van der Waals surface area contributed by atoms with Crippen LogP contribution >= 0.6 is 0 Å². The van der Waals surface area contributed by atoms with Crippen LogP contribution in [0.5, 0.6) is 5.75 Å². The molecule has 4 nitrogen and oxygen atoms in total. The second kappa shape index (κ2) is 7.09. The van der Waals surface area contributed by atoms with E-state index in [1.807, 2.05) is 24.3 Å². The van der Waals surface area contributed by atoms with E-state index in [9.17, 15) is 8.42 Å². The summed E-state index contributed by atoms with van der Waals surface area (Å²) in [5.41, 5.74) is 1.19. The molecule has 1 aliphatic rings. The summed E-state index contributed by atoms with van der Waals surface area (Å²) in [4.78, 5) is 0. The van der Waals surface area contributed by atoms with Crippen LogP contribution in [0.4, 0.5) is 0 Å². The smallest absolute Gasteiger partial charge is 0.150 e. The molecule has 0 aliphatic carbocycles. The van der Waals surface area contributed by atoms with Gasteiger partial charge in [-0.25, -0.2) is 8.42 Å². The van der Waals surface area contributed by atoms with Crippen LogP contribution in [-0.2, 0) is 16.4 Å². The molecule has 112 valence electrons. The Morgan fingerprint density at radius 2 is 2.05 bits per heavy atom. The molecule has 0 bridgehead atoms. The first-order valence-corrected chi connectivity index (χ1v) is 9.04. The zero-order valence-electron chi connectivity index (χ0n) is 12.0. The van der Waals surface area contributed by atoms with Gasteiger partial charge < -0.3 is 10.1 Å². The van der Waals surface area contributed by atoms with Gasteiger partial charge in [0.15, 0.2) is 9.84 Å². The molecule has 1 fully saturated rings. The fraction of sp³-hybridized carbons (Fsp3) is 0.600. The molecule has 1 aromatic rings. The van der Waals surface area contributed by atoms with Gasteiger partial charge >= 0.3 is 0 Å². The van der Waals surface area contributed by atoms with E-state index >= 15 is 0 Å². The highest BCUT2D eigenvalue weighted by atomic mass is 32.2. The van der Waals surface area contributed by atoms with Crippen molar-refractivity contribution in [3.63, 3.8) is 0 Å². The van der Waals surface area contributed by atoms with E-state index in [-0.39, 0.29) is 5.92 Å². The lowest BCUT2D eigenvalue weighted by Crippen LogP contribution is -2.23. The Hall–Kier alpha value is -1.07. The molecule has 1 aromatic carbocycles. The fourth-order valence-corrected chi connectivity index (χ4v) is 4.24. The number of ether oxygens (including phenoxy) is 1. The number of nitrogens with one attached hydrogen (secondary N) is 1. The summed E-state index contributed by atoms with van der Waals surface area (Å²) in [6, 6.07) is 8.05. The topological polar surface area (TPSA) is 55.4 Å². The molecule has 0 spiro atoms. The van der Waals surface area contributed by atoms with Crippen molar-refractivity contribution < 1.29 is 13.2 Å². The second-order valence-corrected chi connectivity index (χ2v) is 7.62. The lowest BCUT2D eigenvalue weighted by molar-refractivity contribution is 0.317. The second-order valence-electron chi connectivity index (χ2n) is 5.39. The van der Waals surface area contributed by atoms with Crippen molar-refractivity contribution in [3.8, 4) is 5.75 Å². The Bertz CT molecular complexity index is 510. The number of hydrogen-bond acceptors (Lipinski definition) is 4. The average Bonchev–Trinajstić information content (AvgIpc) is 2.77. The summed E-state index contributed by atoms with van der Waals surface area (Å²) < 4.78 is 28.2. The maximum Gasteiger partial charge on any atom is 0.150 e. The first kappa shape index (κ1) is 15.3. The minimum absolute atomic E-state index is 0.271. The monoisotopic (exact) mass is 297 g/mol. The molecular formula is C15H23NO3S. The van der Waals surface area contributed by atoms with Crippen molar-refractivity contribution in [3.05, 3.63) is 29.8 Å². The number of benzene rings is 1. The SMILES string of the molecule is CCCOc1ccc(CNCC2CCS(=O)(=O)C2)cc1. The Morgan fingerprint density at radius 1 is 1.30 bits per heavy atom. The van der Waals surface area contributed by atoms with Crippen molar-refractivity contribution in [1.29, 1.82) is 0 Å². The van der Waals surface area contributed by atoms with Gasteiger partial charge in [0.25, 0.3) is 0 Å². The molecule has 1 heterocycles. The molecule has 0 amide bonds. The van der Waals surface area contributed by atoms with Crippen LogP contribution in [0.15, 0.2) is 24.3 Å². The standard InChI is InChI=1S/C15H23NO3S/c1-2-8-19-15-5-3-13(4-6-15)10-16-11-14-7-9-20(17,18)12-14/h3-6,14,16H,2,7-12H2,1H3. The Labute approximate surface area is 121 Å². The van der Waals surface area contributed by atoms with Gasteiger partial charge in [0.2, 0.25) is 0 Å². The average molecular weight is 297 g/mol. The molecule has 1 unspecified atom stereocenters.